The van der Waals surface area contributed by atoms with Gasteiger partial charge in [0.2, 0.25) is 11.7 Å². The molecule has 0 atom stereocenters. The maximum Gasteiger partial charge on any atom is 0.241 e. The van der Waals surface area contributed by atoms with Crippen LogP contribution in [0.25, 0.3) is 11.4 Å². The van der Waals surface area contributed by atoms with E-state index < -0.39 is 0 Å². The highest BCUT2D eigenvalue weighted by Crippen LogP contribution is 2.19. The number of piperazine rings is 1. The zero-order valence-corrected chi connectivity index (χ0v) is 16.7. The molecule has 0 spiro atoms. The Hall–Kier alpha value is -2.48. The zero-order valence-electron chi connectivity index (χ0n) is 15.9. The van der Waals surface area contributed by atoms with Crippen LogP contribution in [0.15, 0.2) is 53.1 Å². The van der Waals surface area contributed by atoms with Gasteiger partial charge in [0.1, 0.15) is 18.2 Å². The van der Waals surface area contributed by atoms with Crippen molar-refractivity contribution < 1.29 is 13.7 Å². The molecule has 1 aliphatic heterocycles. The van der Waals surface area contributed by atoms with Crippen LogP contribution in [0.4, 0.5) is 4.39 Å². The Labute approximate surface area is 173 Å². The summed E-state index contributed by atoms with van der Waals surface area (Å²) >= 11 is 5.92. The monoisotopic (exact) mass is 416 g/mol. The lowest BCUT2D eigenvalue weighted by Gasteiger charge is -2.33. The fourth-order valence-corrected chi connectivity index (χ4v) is 3.35. The molecule has 0 N–H and O–H groups in total. The smallest absolute Gasteiger partial charge is 0.241 e. The summed E-state index contributed by atoms with van der Waals surface area (Å²) < 4.78 is 24.0. The second kappa shape index (κ2) is 9.35. The van der Waals surface area contributed by atoms with Crippen LogP contribution in [0, 0.1) is 5.82 Å². The molecule has 1 fully saturated rings. The normalized spacial score (nSPS) is 15.5. The standard InChI is InChI=1S/C21H22ClFN4O2/c22-17-3-1-16(2-4-17)21-24-20(29-25-21)15-27-11-9-26(10-12-27)13-14-28-19-7-5-18(23)6-8-19/h1-8H,9-15H2. The summed E-state index contributed by atoms with van der Waals surface area (Å²) in [5.74, 6) is 1.63. The van der Waals surface area contributed by atoms with E-state index in [4.69, 9.17) is 20.9 Å². The van der Waals surface area contributed by atoms with Gasteiger partial charge < -0.3 is 9.26 Å². The van der Waals surface area contributed by atoms with Crippen LogP contribution < -0.4 is 4.74 Å². The van der Waals surface area contributed by atoms with E-state index >= 15 is 0 Å². The van der Waals surface area contributed by atoms with E-state index in [-0.39, 0.29) is 5.82 Å². The second-order valence-electron chi connectivity index (χ2n) is 6.94. The summed E-state index contributed by atoms with van der Waals surface area (Å²) in [4.78, 5) is 9.15. The summed E-state index contributed by atoms with van der Waals surface area (Å²) in [5.41, 5.74) is 0.885. The van der Waals surface area contributed by atoms with Crippen molar-refractivity contribution in [2.75, 3.05) is 39.3 Å². The average molecular weight is 417 g/mol. The molecule has 0 bridgehead atoms. The van der Waals surface area contributed by atoms with Gasteiger partial charge in [-0.15, -0.1) is 0 Å². The van der Waals surface area contributed by atoms with Crippen LogP contribution in [0.5, 0.6) is 5.75 Å². The molecule has 0 radical (unpaired) electrons. The summed E-state index contributed by atoms with van der Waals surface area (Å²) in [5, 5.41) is 4.74. The first-order chi connectivity index (χ1) is 14.2. The Morgan fingerprint density at radius 3 is 2.38 bits per heavy atom. The van der Waals surface area contributed by atoms with Crippen molar-refractivity contribution in [1.29, 1.82) is 0 Å². The molecule has 1 aromatic heterocycles. The van der Waals surface area contributed by atoms with Crippen LogP contribution in [-0.4, -0.2) is 59.3 Å². The summed E-state index contributed by atoms with van der Waals surface area (Å²) in [7, 11) is 0. The van der Waals surface area contributed by atoms with Gasteiger partial charge in [-0.05, 0) is 48.5 Å². The molecule has 2 heterocycles. The number of halogens is 2. The molecule has 152 valence electrons. The first-order valence-electron chi connectivity index (χ1n) is 9.57. The van der Waals surface area contributed by atoms with Crippen LogP contribution in [-0.2, 0) is 6.54 Å². The minimum absolute atomic E-state index is 0.255. The fraction of sp³-hybridized carbons (Fsp3) is 0.333. The molecule has 0 unspecified atom stereocenters. The highest BCUT2D eigenvalue weighted by molar-refractivity contribution is 6.30. The third-order valence-corrected chi connectivity index (χ3v) is 5.14. The highest BCUT2D eigenvalue weighted by Gasteiger charge is 2.19. The first kappa shape index (κ1) is 19.8. The van der Waals surface area contributed by atoms with Crippen molar-refractivity contribution in [1.82, 2.24) is 19.9 Å². The predicted molar refractivity (Wildman–Crippen MR) is 108 cm³/mol. The maximum atomic E-state index is 12.9. The largest absolute Gasteiger partial charge is 0.492 e. The first-order valence-corrected chi connectivity index (χ1v) is 9.95. The van der Waals surface area contributed by atoms with Gasteiger partial charge in [0.15, 0.2) is 0 Å². The molecule has 2 aromatic carbocycles. The summed E-state index contributed by atoms with van der Waals surface area (Å²) in [6.07, 6.45) is 0. The number of rotatable bonds is 7. The molecule has 1 saturated heterocycles. The van der Waals surface area contributed by atoms with Crippen LogP contribution in [0.1, 0.15) is 5.89 Å². The Balaban J connectivity index is 1.20. The molecule has 4 rings (SSSR count). The lowest BCUT2D eigenvalue weighted by atomic mass is 10.2. The molecule has 0 saturated carbocycles. The minimum Gasteiger partial charge on any atom is -0.492 e. The van der Waals surface area contributed by atoms with Gasteiger partial charge in [-0.25, -0.2) is 4.39 Å². The highest BCUT2D eigenvalue weighted by atomic mass is 35.5. The topological polar surface area (TPSA) is 54.6 Å². The summed E-state index contributed by atoms with van der Waals surface area (Å²) in [6, 6.07) is 13.5. The lowest BCUT2D eigenvalue weighted by molar-refractivity contribution is 0.104. The molecular formula is C21H22ClFN4O2. The van der Waals surface area contributed by atoms with E-state index in [9.17, 15) is 4.39 Å². The Morgan fingerprint density at radius 1 is 0.966 bits per heavy atom. The average Bonchev–Trinajstić information content (AvgIpc) is 3.20. The number of aromatic nitrogens is 2. The van der Waals surface area contributed by atoms with Crippen molar-refractivity contribution in [3.8, 4) is 17.1 Å². The number of benzene rings is 2. The Bertz CT molecular complexity index is 909. The lowest BCUT2D eigenvalue weighted by Crippen LogP contribution is -2.47. The fourth-order valence-electron chi connectivity index (χ4n) is 3.22. The predicted octanol–water partition coefficient (Wildman–Crippen LogP) is 3.73. The van der Waals surface area contributed by atoms with Crippen molar-refractivity contribution in [3.05, 3.63) is 65.3 Å². The molecule has 6 nitrogen and oxygen atoms in total. The molecule has 8 heteroatoms. The van der Waals surface area contributed by atoms with Gasteiger partial charge >= 0.3 is 0 Å². The van der Waals surface area contributed by atoms with Crippen molar-refractivity contribution in [2.24, 2.45) is 0 Å². The van der Waals surface area contributed by atoms with E-state index in [0.717, 1.165) is 38.3 Å². The van der Waals surface area contributed by atoms with Gasteiger partial charge in [0.05, 0.1) is 6.54 Å². The van der Waals surface area contributed by atoms with E-state index in [1.54, 1.807) is 12.1 Å². The second-order valence-corrected chi connectivity index (χ2v) is 7.38. The van der Waals surface area contributed by atoms with Gasteiger partial charge in [-0.2, -0.15) is 4.98 Å². The maximum absolute atomic E-state index is 12.9. The van der Waals surface area contributed by atoms with Crippen molar-refractivity contribution in [3.63, 3.8) is 0 Å². The van der Waals surface area contributed by atoms with Crippen LogP contribution in [0.2, 0.25) is 5.02 Å². The number of ether oxygens (including phenoxy) is 1. The SMILES string of the molecule is Fc1ccc(OCCN2CCN(Cc3nc(-c4ccc(Cl)cc4)no3)CC2)cc1. The van der Waals surface area contributed by atoms with Gasteiger partial charge in [0.25, 0.3) is 0 Å². The third kappa shape index (κ3) is 5.53. The number of hydrogen-bond donors (Lipinski definition) is 0. The van der Waals surface area contributed by atoms with Crippen molar-refractivity contribution >= 4 is 11.6 Å². The number of hydrogen-bond acceptors (Lipinski definition) is 6. The number of nitrogens with zero attached hydrogens (tertiary/aromatic N) is 4. The van der Waals surface area contributed by atoms with Gasteiger partial charge in [0, 0.05) is 43.3 Å². The van der Waals surface area contributed by atoms with E-state index in [2.05, 4.69) is 19.9 Å². The van der Waals surface area contributed by atoms with Crippen molar-refractivity contribution in [2.45, 2.75) is 6.54 Å². The Morgan fingerprint density at radius 2 is 1.66 bits per heavy atom. The van der Waals surface area contributed by atoms with Crippen LogP contribution in [0.3, 0.4) is 0 Å². The molecule has 29 heavy (non-hydrogen) atoms. The van der Waals surface area contributed by atoms with Gasteiger partial charge in [-0.3, -0.25) is 9.80 Å². The third-order valence-electron chi connectivity index (χ3n) is 4.88. The molecule has 0 amide bonds. The molecule has 1 aliphatic rings. The Kier molecular flexibility index (Phi) is 6.39. The van der Waals surface area contributed by atoms with Crippen LogP contribution >= 0.6 is 11.6 Å². The quantitative estimate of drug-likeness (QED) is 0.585. The zero-order chi connectivity index (χ0) is 20.1. The minimum atomic E-state index is -0.255. The van der Waals surface area contributed by atoms with E-state index in [0.29, 0.717) is 35.6 Å². The summed E-state index contributed by atoms with van der Waals surface area (Å²) in [6.45, 7) is 5.81. The molecular weight excluding hydrogens is 395 g/mol. The van der Waals surface area contributed by atoms with E-state index in [1.165, 1.54) is 12.1 Å². The van der Waals surface area contributed by atoms with Gasteiger partial charge in [-0.1, -0.05) is 16.8 Å². The molecule has 0 aliphatic carbocycles. The molecule has 3 aromatic rings. The van der Waals surface area contributed by atoms with E-state index in [1.807, 2.05) is 24.3 Å².